The second-order valence-electron chi connectivity index (χ2n) is 5.56. The summed E-state index contributed by atoms with van der Waals surface area (Å²) in [4.78, 5) is 8.91. The molecule has 24 heavy (non-hydrogen) atoms. The number of hydrogen-bond donors (Lipinski definition) is 2. The zero-order chi connectivity index (χ0) is 16.7. The molecule has 0 bridgehead atoms. The van der Waals surface area contributed by atoms with E-state index in [1.165, 1.54) is 10.8 Å². The third-order valence-electron chi connectivity index (χ3n) is 3.98. The van der Waals surface area contributed by atoms with Crippen LogP contribution in [0.4, 0.5) is 5.95 Å². The highest BCUT2D eigenvalue weighted by molar-refractivity contribution is 5.90. The number of phenols is 1. The van der Waals surface area contributed by atoms with E-state index in [1.54, 1.807) is 6.07 Å². The Hall–Kier alpha value is -3.41. The molecule has 118 valence electrons. The number of nitrogens with zero attached hydrogens (tertiary/aromatic N) is 4. The van der Waals surface area contributed by atoms with E-state index in [4.69, 9.17) is 5.73 Å². The van der Waals surface area contributed by atoms with Gasteiger partial charge < -0.3 is 10.8 Å². The summed E-state index contributed by atoms with van der Waals surface area (Å²) < 4.78 is 1.52. The summed E-state index contributed by atoms with van der Waals surface area (Å²) in [5, 5.41) is 14.0. The number of aryl methyl sites for hydroxylation is 1. The zero-order valence-electron chi connectivity index (χ0n) is 13.0. The van der Waals surface area contributed by atoms with E-state index in [1.807, 2.05) is 49.4 Å². The molecule has 0 spiro atoms. The molecule has 2 heterocycles. The van der Waals surface area contributed by atoms with Gasteiger partial charge in [-0.2, -0.15) is 9.61 Å². The second-order valence-corrected chi connectivity index (χ2v) is 5.56. The van der Waals surface area contributed by atoms with Gasteiger partial charge in [-0.25, -0.2) is 9.97 Å². The second kappa shape index (κ2) is 5.34. The number of aromatic hydroxyl groups is 1. The SMILES string of the molecule is Cc1cc(-c2c(-c3ccccc3)nc(N)n3ncnc23)ccc1O. The highest BCUT2D eigenvalue weighted by atomic mass is 16.3. The summed E-state index contributed by atoms with van der Waals surface area (Å²) in [7, 11) is 0. The van der Waals surface area contributed by atoms with Crippen LogP contribution in [0.1, 0.15) is 5.56 Å². The molecular weight excluding hydrogens is 302 g/mol. The maximum absolute atomic E-state index is 9.83. The van der Waals surface area contributed by atoms with Crippen LogP contribution in [0.25, 0.3) is 28.0 Å². The van der Waals surface area contributed by atoms with E-state index >= 15 is 0 Å². The van der Waals surface area contributed by atoms with Gasteiger partial charge in [0.2, 0.25) is 5.95 Å². The lowest BCUT2D eigenvalue weighted by Gasteiger charge is -2.13. The molecule has 0 aliphatic carbocycles. The van der Waals surface area contributed by atoms with Crippen molar-refractivity contribution in [1.29, 1.82) is 0 Å². The lowest BCUT2D eigenvalue weighted by atomic mass is 9.98. The number of anilines is 1. The Morgan fingerprint density at radius 1 is 1.04 bits per heavy atom. The number of rotatable bonds is 2. The summed E-state index contributed by atoms with van der Waals surface area (Å²) in [5.74, 6) is 0.529. The van der Waals surface area contributed by atoms with Gasteiger partial charge in [0.25, 0.3) is 0 Å². The fourth-order valence-electron chi connectivity index (χ4n) is 2.79. The molecule has 0 radical (unpaired) electrons. The minimum atomic E-state index is 0.251. The summed E-state index contributed by atoms with van der Waals surface area (Å²) in [6.45, 7) is 1.85. The van der Waals surface area contributed by atoms with Crippen LogP contribution >= 0.6 is 0 Å². The first-order valence-electron chi connectivity index (χ1n) is 7.50. The molecule has 0 atom stereocenters. The summed E-state index contributed by atoms with van der Waals surface area (Å²) in [6, 6.07) is 15.2. The van der Waals surface area contributed by atoms with E-state index in [0.29, 0.717) is 5.65 Å². The molecule has 0 aliphatic heterocycles. The standard InChI is InChI=1S/C18H15N5O/c1-11-9-13(7-8-14(11)24)15-16(12-5-3-2-4-6-12)22-18(19)23-17(15)20-10-21-23/h2-10,24H,1H3,(H2,19,22). The maximum atomic E-state index is 9.83. The van der Waals surface area contributed by atoms with Crippen molar-refractivity contribution >= 4 is 11.6 Å². The largest absolute Gasteiger partial charge is 0.508 e. The third-order valence-corrected chi connectivity index (χ3v) is 3.98. The van der Waals surface area contributed by atoms with E-state index in [0.717, 1.165) is 27.9 Å². The first-order valence-corrected chi connectivity index (χ1v) is 7.50. The van der Waals surface area contributed by atoms with Crippen LogP contribution in [0.15, 0.2) is 54.9 Å². The fourth-order valence-corrected chi connectivity index (χ4v) is 2.79. The minimum absolute atomic E-state index is 0.251. The van der Waals surface area contributed by atoms with Crippen molar-refractivity contribution in [2.45, 2.75) is 6.92 Å². The van der Waals surface area contributed by atoms with Crippen molar-refractivity contribution in [3.8, 4) is 28.1 Å². The van der Waals surface area contributed by atoms with Crippen LogP contribution < -0.4 is 5.73 Å². The first kappa shape index (κ1) is 14.2. The number of hydrogen-bond acceptors (Lipinski definition) is 5. The Balaban J connectivity index is 2.10. The molecule has 6 heteroatoms. The summed E-state index contributed by atoms with van der Waals surface area (Å²) >= 11 is 0. The van der Waals surface area contributed by atoms with Crippen molar-refractivity contribution in [2.24, 2.45) is 0 Å². The lowest BCUT2D eigenvalue weighted by molar-refractivity contribution is 0.471. The van der Waals surface area contributed by atoms with E-state index in [9.17, 15) is 5.11 Å². The maximum Gasteiger partial charge on any atom is 0.223 e. The van der Waals surface area contributed by atoms with E-state index < -0.39 is 0 Å². The number of nitrogens with two attached hydrogens (primary N) is 1. The molecule has 4 aromatic rings. The van der Waals surface area contributed by atoms with Crippen molar-refractivity contribution in [2.75, 3.05) is 5.73 Å². The van der Waals surface area contributed by atoms with E-state index in [-0.39, 0.29) is 11.7 Å². The van der Waals surface area contributed by atoms with Crippen molar-refractivity contribution in [3.63, 3.8) is 0 Å². The van der Waals surface area contributed by atoms with E-state index in [2.05, 4.69) is 15.1 Å². The number of phenolic OH excluding ortho intramolecular Hbond substituents is 1. The Morgan fingerprint density at radius 2 is 1.83 bits per heavy atom. The molecule has 3 N–H and O–H groups in total. The Labute approximate surface area is 138 Å². The predicted octanol–water partition coefficient (Wildman–Crippen LogP) is 3.05. The molecule has 2 aromatic carbocycles. The Bertz CT molecular complexity index is 1040. The smallest absolute Gasteiger partial charge is 0.223 e. The molecule has 2 aromatic heterocycles. The number of fused-ring (bicyclic) bond motifs is 1. The van der Waals surface area contributed by atoms with Gasteiger partial charge in [-0.15, -0.1) is 0 Å². The molecule has 4 rings (SSSR count). The van der Waals surface area contributed by atoms with Crippen molar-refractivity contribution < 1.29 is 5.11 Å². The van der Waals surface area contributed by atoms with Crippen LogP contribution in [-0.2, 0) is 0 Å². The van der Waals surface area contributed by atoms with Crippen LogP contribution in [0, 0.1) is 6.92 Å². The highest BCUT2D eigenvalue weighted by Crippen LogP contribution is 2.35. The third kappa shape index (κ3) is 2.16. The van der Waals surface area contributed by atoms with Crippen LogP contribution in [0.2, 0.25) is 0 Å². The number of nitrogen functional groups attached to an aromatic ring is 1. The van der Waals surface area contributed by atoms with Gasteiger partial charge in [-0.1, -0.05) is 36.4 Å². The molecule has 0 unspecified atom stereocenters. The van der Waals surface area contributed by atoms with Crippen LogP contribution in [-0.4, -0.2) is 24.7 Å². The van der Waals surface area contributed by atoms with Crippen LogP contribution in [0.3, 0.4) is 0 Å². The van der Waals surface area contributed by atoms with Gasteiger partial charge >= 0.3 is 0 Å². The normalized spacial score (nSPS) is 11.0. The average Bonchev–Trinajstić information content (AvgIpc) is 3.08. The monoisotopic (exact) mass is 317 g/mol. The molecule has 0 amide bonds. The molecule has 6 nitrogen and oxygen atoms in total. The first-order chi connectivity index (χ1) is 11.6. The molecule has 0 saturated heterocycles. The van der Waals surface area contributed by atoms with Gasteiger partial charge in [-0.05, 0) is 30.2 Å². The average molecular weight is 317 g/mol. The van der Waals surface area contributed by atoms with Crippen LogP contribution in [0.5, 0.6) is 5.75 Å². The molecule has 0 fully saturated rings. The summed E-state index contributed by atoms with van der Waals surface area (Å²) in [5.41, 5.74) is 10.9. The number of benzene rings is 2. The van der Waals surface area contributed by atoms with Crippen molar-refractivity contribution in [1.82, 2.24) is 19.6 Å². The summed E-state index contributed by atoms with van der Waals surface area (Å²) in [6.07, 6.45) is 1.46. The molecule has 0 saturated carbocycles. The topological polar surface area (TPSA) is 89.3 Å². The fraction of sp³-hybridized carbons (Fsp3) is 0.0556. The number of aromatic nitrogens is 4. The van der Waals surface area contributed by atoms with Gasteiger partial charge in [-0.3, -0.25) is 0 Å². The van der Waals surface area contributed by atoms with Gasteiger partial charge in [0.1, 0.15) is 12.1 Å². The van der Waals surface area contributed by atoms with Crippen molar-refractivity contribution in [3.05, 3.63) is 60.4 Å². The van der Waals surface area contributed by atoms with Gasteiger partial charge in [0.05, 0.1) is 11.3 Å². The Kier molecular flexibility index (Phi) is 3.16. The quantitative estimate of drug-likeness (QED) is 0.593. The molecular formula is C18H15N5O. The minimum Gasteiger partial charge on any atom is -0.508 e. The molecule has 0 aliphatic rings. The van der Waals surface area contributed by atoms with Gasteiger partial charge in [0, 0.05) is 5.56 Å². The van der Waals surface area contributed by atoms with Gasteiger partial charge in [0.15, 0.2) is 5.65 Å². The Morgan fingerprint density at radius 3 is 2.58 bits per heavy atom. The zero-order valence-corrected chi connectivity index (χ0v) is 13.0. The lowest BCUT2D eigenvalue weighted by Crippen LogP contribution is -2.05. The highest BCUT2D eigenvalue weighted by Gasteiger charge is 2.18. The predicted molar refractivity (Wildman–Crippen MR) is 92.5 cm³/mol.